The molecule has 8 heteroatoms. The molecule has 0 saturated carbocycles. The molecule has 1 aromatic heterocycles. The van der Waals surface area contributed by atoms with Crippen molar-refractivity contribution >= 4 is 24.5 Å². The van der Waals surface area contributed by atoms with Crippen molar-refractivity contribution in [3.8, 4) is 11.3 Å². The standard InChI is InChI=1S/C18H22FN3O3S/c19-14-7-5-13(6-8-14)15-11-16(22(21-15)12-17(23)24)18(25)20-9-3-1-2-4-10-26/h5-8,11,26H,1-4,9-10,12H2,(H,20,25)(H,23,24). The van der Waals surface area contributed by atoms with E-state index in [9.17, 15) is 14.0 Å². The Kier molecular flexibility index (Phi) is 7.65. The smallest absolute Gasteiger partial charge is 0.325 e. The zero-order valence-corrected chi connectivity index (χ0v) is 15.2. The maximum absolute atomic E-state index is 13.1. The molecule has 0 radical (unpaired) electrons. The van der Waals surface area contributed by atoms with Crippen LogP contribution in [0.1, 0.15) is 36.2 Å². The maximum Gasteiger partial charge on any atom is 0.325 e. The minimum Gasteiger partial charge on any atom is -0.480 e. The third-order valence-corrected chi connectivity index (χ3v) is 4.12. The van der Waals surface area contributed by atoms with Crippen molar-refractivity contribution in [2.24, 2.45) is 0 Å². The predicted octanol–water partition coefficient (Wildman–Crippen LogP) is 2.99. The summed E-state index contributed by atoms with van der Waals surface area (Å²) < 4.78 is 14.2. The van der Waals surface area contributed by atoms with E-state index >= 15 is 0 Å². The average Bonchev–Trinajstić information content (AvgIpc) is 3.01. The van der Waals surface area contributed by atoms with Crippen molar-refractivity contribution in [1.82, 2.24) is 15.1 Å². The van der Waals surface area contributed by atoms with E-state index in [4.69, 9.17) is 5.11 Å². The molecule has 0 bridgehead atoms. The highest BCUT2D eigenvalue weighted by Gasteiger charge is 2.17. The number of carboxylic acids is 1. The van der Waals surface area contributed by atoms with Gasteiger partial charge in [0, 0.05) is 12.1 Å². The van der Waals surface area contributed by atoms with Gasteiger partial charge >= 0.3 is 5.97 Å². The Balaban J connectivity index is 2.08. The molecule has 1 amide bonds. The fraction of sp³-hybridized carbons (Fsp3) is 0.389. The third-order valence-electron chi connectivity index (χ3n) is 3.81. The number of hydrogen-bond donors (Lipinski definition) is 3. The van der Waals surface area contributed by atoms with Crippen molar-refractivity contribution < 1.29 is 19.1 Å². The Hall–Kier alpha value is -2.35. The summed E-state index contributed by atoms with van der Waals surface area (Å²) in [5.74, 6) is -0.997. The number of halogens is 1. The van der Waals surface area contributed by atoms with E-state index in [1.54, 1.807) is 0 Å². The van der Waals surface area contributed by atoms with Gasteiger partial charge in [-0.1, -0.05) is 12.8 Å². The first-order valence-electron chi connectivity index (χ1n) is 8.46. The second-order valence-electron chi connectivity index (χ2n) is 5.87. The number of amides is 1. The van der Waals surface area contributed by atoms with E-state index < -0.39 is 12.5 Å². The van der Waals surface area contributed by atoms with Crippen LogP contribution in [0.5, 0.6) is 0 Å². The molecule has 140 valence electrons. The van der Waals surface area contributed by atoms with Gasteiger partial charge in [-0.15, -0.1) is 0 Å². The van der Waals surface area contributed by atoms with E-state index in [0.717, 1.165) is 36.1 Å². The Labute approximate surface area is 156 Å². The Morgan fingerprint density at radius 1 is 1.15 bits per heavy atom. The first kappa shape index (κ1) is 20.0. The summed E-state index contributed by atoms with van der Waals surface area (Å²) in [5.41, 5.74) is 1.20. The SMILES string of the molecule is O=C(O)Cn1nc(-c2ccc(F)cc2)cc1C(=O)NCCCCCCS. The van der Waals surface area contributed by atoms with Crippen molar-refractivity contribution in [2.75, 3.05) is 12.3 Å². The second-order valence-corrected chi connectivity index (χ2v) is 6.31. The van der Waals surface area contributed by atoms with E-state index in [0.29, 0.717) is 17.8 Å². The first-order valence-corrected chi connectivity index (χ1v) is 9.09. The normalized spacial score (nSPS) is 10.7. The van der Waals surface area contributed by atoms with Crippen LogP contribution in [0.4, 0.5) is 4.39 Å². The minimum absolute atomic E-state index is 0.169. The number of hydrogen-bond acceptors (Lipinski definition) is 4. The Morgan fingerprint density at radius 2 is 1.85 bits per heavy atom. The van der Waals surface area contributed by atoms with E-state index in [1.165, 1.54) is 30.3 Å². The quantitative estimate of drug-likeness (QED) is 0.438. The van der Waals surface area contributed by atoms with Crippen LogP contribution in [0.2, 0.25) is 0 Å². The molecule has 0 aliphatic carbocycles. The van der Waals surface area contributed by atoms with Crippen LogP contribution < -0.4 is 5.32 Å². The number of carboxylic acid groups (broad SMARTS) is 1. The molecule has 2 N–H and O–H groups in total. The van der Waals surface area contributed by atoms with E-state index in [-0.39, 0.29) is 17.4 Å². The lowest BCUT2D eigenvalue weighted by Gasteiger charge is -2.06. The van der Waals surface area contributed by atoms with E-state index in [1.807, 2.05) is 0 Å². The number of nitrogens with zero attached hydrogens (tertiary/aromatic N) is 2. The zero-order chi connectivity index (χ0) is 18.9. The van der Waals surface area contributed by atoms with Gasteiger partial charge in [-0.05, 0) is 48.9 Å². The highest BCUT2D eigenvalue weighted by molar-refractivity contribution is 7.80. The third kappa shape index (κ3) is 5.87. The number of carbonyl (C=O) groups is 2. The zero-order valence-electron chi connectivity index (χ0n) is 14.3. The average molecular weight is 379 g/mol. The molecule has 0 unspecified atom stereocenters. The lowest BCUT2D eigenvalue weighted by Crippen LogP contribution is -2.28. The molecule has 6 nitrogen and oxygen atoms in total. The van der Waals surface area contributed by atoms with Gasteiger partial charge in [-0.3, -0.25) is 9.59 Å². The summed E-state index contributed by atoms with van der Waals surface area (Å²) >= 11 is 4.15. The first-order chi connectivity index (χ1) is 12.5. The molecule has 26 heavy (non-hydrogen) atoms. The Bertz CT molecular complexity index is 747. The summed E-state index contributed by atoms with van der Waals surface area (Å²) in [6.45, 7) is 0.0848. The summed E-state index contributed by atoms with van der Waals surface area (Å²) in [7, 11) is 0. The van der Waals surface area contributed by atoms with Gasteiger partial charge in [0.1, 0.15) is 18.1 Å². The molecule has 0 aliphatic rings. The van der Waals surface area contributed by atoms with Gasteiger partial charge in [0.25, 0.3) is 5.91 Å². The highest BCUT2D eigenvalue weighted by atomic mass is 32.1. The van der Waals surface area contributed by atoms with Gasteiger partial charge in [0.15, 0.2) is 0 Å². The summed E-state index contributed by atoms with van der Waals surface area (Å²) in [4.78, 5) is 23.4. The number of aromatic nitrogens is 2. The molecule has 0 spiro atoms. The van der Waals surface area contributed by atoms with E-state index in [2.05, 4.69) is 23.0 Å². The van der Waals surface area contributed by atoms with Crippen molar-refractivity contribution in [2.45, 2.75) is 32.2 Å². The van der Waals surface area contributed by atoms with Crippen LogP contribution in [0.15, 0.2) is 30.3 Å². The predicted molar refractivity (Wildman–Crippen MR) is 99.9 cm³/mol. The molecule has 0 saturated heterocycles. The van der Waals surface area contributed by atoms with Crippen LogP contribution in [0.3, 0.4) is 0 Å². The van der Waals surface area contributed by atoms with Gasteiger partial charge in [0.05, 0.1) is 5.69 Å². The number of nitrogens with one attached hydrogen (secondary N) is 1. The fourth-order valence-corrected chi connectivity index (χ4v) is 2.72. The summed E-state index contributed by atoms with van der Waals surface area (Å²) in [6.07, 6.45) is 3.95. The number of thiol groups is 1. The van der Waals surface area contributed by atoms with Crippen LogP contribution in [-0.4, -0.2) is 39.1 Å². The summed E-state index contributed by atoms with van der Waals surface area (Å²) in [5, 5.41) is 16.0. The van der Waals surface area contributed by atoms with Crippen LogP contribution in [0.25, 0.3) is 11.3 Å². The molecular weight excluding hydrogens is 357 g/mol. The van der Waals surface area contributed by atoms with Crippen molar-refractivity contribution in [3.05, 3.63) is 41.8 Å². The molecule has 1 aromatic carbocycles. The topological polar surface area (TPSA) is 84.2 Å². The lowest BCUT2D eigenvalue weighted by molar-refractivity contribution is -0.137. The second kappa shape index (κ2) is 9.96. The van der Waals surface area contributed by atoms with Gasteiger partial charge in [-0.2, -0.15) is 17.7 Å². The fourth-order valence-electron chi connectivity index (χ4n) is 2.49. The molecule has 0 atom stereocenters. The largest absolute Gasteiger partial charge is 0.480 e. The molecule has 0 aliphatic heterocycles. The van der Waals surface area contributed by atoms with Crippen molar-refractivity contribution in [3.63, 3.8) is 0 Å². The number of unbranched alkanes of at least 4 members (excludes halogenated alkanes) is 3. The number of rotatable bonds is 10. The van der Waals surface area contributed by atoms with Crippen LogP contribution >= 0.6 is 12.6 Å². The Morgan fingerprint density at radius 3 is 2.50 bits per heavy atom. The number of benzene rings is 1. The van der Waals surface area contributed by atoms with Crippen LogP contribution in [-0.2, 0) is 11.3 Å². The lowest BCUT2D eigenvalue weighted by atomic mass is 10.1. The van der Waals surface area contributed by atoms with Gasteiger partial charge < -0.3 is 10.4 Å². The highest BCUT2D eigenvalue weighted by Crippen LogP contribution is 2.20. The molecule has 2 rings (SSSR count). The minimum atomic E-state index is -1.10. The number of aliphatic carboxylic acids is 1. The monoisotopic (exact) mass is 379 g/mol. The maximum atomic E-state index is 13.1. The molecular formula is C18H22FN3O3S. The molecule has 1 heterocycles. The van der Waals surface area contributed by atoms with Crippen molar-refractivity contribution in [1.29, 1.82) is 0 Å². The van der Waals surface area contributed by atoms with Gasteiger partial charge in [0.2, 0.25) is 0 Å². The molecule has 0 fully saturated rings. The van der Waals surface area contributed by atoms with Crippen LogP contribution in [0, 0.1) is 5.82 Å². The van der Waals surface area contributed by atoms with Gasteiger partial charge in [-0.25, -0.2) is 9.07 Å². The number of carbonyl (C=O) groups excluding carboxylic acids is 1. The molecule has 2 aromatic rings. The summed E-state index contributed by atoms with van der Waals surface area (Å²) in [6, 6.07) is 7.16.